The minimum atomic E-state index is -4.51. The number of nitrogens with one attached hydrogen (secondary N) is 1. The van der Waals surface area contributed by atoms with Gasteiger partial charge in [0.25, 0.3) is 5.91 Å². The third-order valence-corrected chi connectivity index (χ3v) is 4.03. The maximum atomic E-state index is 12.7. The standard InChI is InChI=1S/C20H18F3NO4/c21-20(22,23)14-7-4-8-16(11-14)27-12-17(25)28-18(13-5-2-1-3-6-13)19(26)24-15-9-10-15/h1-8,11,15,18H,9-10,12H2,(H,24,26)/t18-/m1/s1. The van der Waals surface area contributed by atoms with Gasteiger partial charge in [-0.2, -0.15) is 13.2 Å². The van der Waals surface area contributed by atoms with Crippen LogP contribution < -0.4 is 10.1 Å². The zero-order valence-electron chi connectivity index (χ0n) is 14.7. The molecule has 1 saturated carbocycles. The molecule has 5 nitrogen and oxygen atoms in total. The molecule has 148 valence electrons. The van der Waals surface area contributed by atoms with Crippen molar-refractivity contribution in [1.29, 1.82) is 0 Å². The van der Waals surface area contributed by atoms with Crippen molar-refractivity contribution >= 4 is 11.9 Å². The Labute approximate surface area is 159 Å². The van der Waals surface area contributed by atoms with E-state index in [0.29, 0.717) is 5.56 Å². The number of ether oxygens (including phenoxy) is 2. The van der Waals surface area contributed by atoms with Gasteiger partial charge >= 0.3 is 12.1 Å². The molecule has 2 aromatic carbocycles. The average molecular weight is 393 g/mol. The topological polar surface area (TPSA) is 64.6 Å². The molecule has 1 aliphatic rings. The first-order valence-corrected chi connectivity index (χ1v) is 8.68. The number of hydrogen-bond acceptors (Lipinski definition) is 4. The highest BCUT2D eigenvalue weighted by Crippen LogP contribution is 2.31. The lowest BCUT2D eigenvalue weighted by molar-refractivity contribution is -0.158. The van der Waals surface area contributed by atoms with Crippen LogP contribution in [0, 0.1) is 0 Å². The lowest BCUT2D eigenvalue weighted by atomic mass is 10.1. The van der Waals surface area contributed by atoms with E-state index in [1.165, 1.54) is 12.1 Å². The van der Waals surface area contributed by atoms with Crippen molar-refractivity contribution in [2.45, 2.75) is 31.2 Å². The third kappa shape index (κ3) is 5.48. The number of rotatable bonds is 7. The summed E-state index contributed by atoms with van der Waals surface area (Å²) in [5, 5.41) is 2.77. The summed E-state index contributed by atoms with van der Waals surface area (Å²) < 4.78 is 48.6. The highest BCUT2D eigenvalue weighted by Gasteiger charge is 2.32. The number of benzene rings is 2. The minimum Gasteiger partial charge on any atom is -0.482 e. The van der Waals surface area contributed by atoms with E-state index in [1.807, 2.05) is 0 Å². The normalized spacial score (nSPS) is 14.8. The molecule has 2 aromatic rings. The summed E-state index contributed by atoms with van der Waals surface area (Å²) in [6, 6.07) is 12.7. The Hall–Kier alpha value is -3.03. The van der Waals surface area contributed by atoms with Gasteiger partial charge in [-0.1, -0.05) is 36.4 Å². The molecule has 1 aliphatic carbocycles. The van der Waals surface area contributed by atoms with Gasteiger partial charge in [0.05, 0.1) is 5.56 Å². The second-order valence-corrected chi connectivity index (χ2v) is 6.38. The molecule has 28 heavy (non-hydrogen) atoms. The van der Waals surface area contributed by atoms with Crippen LogP contribution in [0.3, 0.4) is 0 Å². The van der Waals surface area contributed by atoms with Gasteiger partial charge in [-0.15, -0.1) is 0 Å². The molecule has 0 spiro atoms. The Bertz CT molecular complexity index is 835. The van der Waals surface area contributed by atoms with Crippen LogP contribution in [0.4, 0.5) is 13.2 Å². The summed E-state index contributed by atoms with van der Waals surface area (Å²) in [6.45, 7) is -0.624. The monoisotopic (exact) mass is 393 g/mol. The molecule has 8 heteroatoms. The predicted octanol–water partition coefficient (Wildman–Crippen LogP) is 3.65. The molecular formula is C20H18F3NO4. The van der Waals surface area contributed by atoms with Gasteiger partial charge in [0.2, 0.25) is 6.10 Å². The molecule has 1 fully saturated rings. The lowest BCUT2D eigenvalue weighted by Crippen LogP contribution is -2.34. The Morgan fingerprint density at radius 2 is 1.79 bits per heavy atom. The zero-order valence-corrected chi connectivity index (χ0v) is 14.7. The van der Waals surface area contributed by atoms with Crippen LogP contribution in [0.5, 0.6) is 5.75 Å². The molecular weight excluding hydrogens is 375 g/mol. The van der Waals surface area contributed by atoms with Gasteiger partial charge in [-0.25, -0.2) is 4.79 Å². The molecule has 0 heterocycles. The van der Waals surface area contributed by atoms with Gasteiger partial charge < -0.3 is 14.8 Å². The minimum absolute atomic E-state index is 0.0822. The van der Waals surface area contributed by atoms with Crippen molar-refractivity contribution in [3.63, 3.8) is 0 Å². The highest BCUT2D eigenvalue weighted by atomic mass is 19.4. The van der Waals surface area contributed by atoms with E-state index in [0.717, 1.165) is 25.0 Å². The van der Waals surface area contributed by atoms with Crippen LogP contribution in [0.15, 0.2) is 54.6 Å². The molecule has 0 bridgehead atoms. The molecule has 0 unspecified atom stereocenters. The van der Waals surface area contributed by atoms with E-state index in [2.05, 4.69) is 5.32 Å². The molecule has 3 rings (SSSR count). The largest absolute Gasteiger partial charge is 0.482 e. The lowest BCUT2D eigenvalue weighted by Gasteiger charge is -2.18. The van der Waals surface area contributed by atoms with Gasteiger partial charge in [0, 0.05) is 11.6 Å². The van der Waals surface area contributed by atoms with Crippen molar-refractivity contribution in [3.05, 3.63) is 65.7 Å². The quantitative estimate of drug-likeness (QED) is 0.730. The first-order chi connectivity index (χ1) is 13.3. The molecule has 1 atom stereocenters. The Morgan fingerprint density at radius 1 is 1.07 bits per heavy atom. The molecule has 0 saturated heterocycles. The van der Waals surface area contributed by atoms with Crippen LogP contribution in [-0.2, 0) is 20.5 Å². The van der Waals surface area contributed by atoms with E-state index >= 15 is 0 Å². The van der Waals surface area contributed by atoms with Gasteiger partial charge in [-0.05, 0) is 31.0 Å². The number of hydrogen-bond donors (Lipinski definition) is 1. The van der Waals surface area contributed by atoms with Gasteiger partial charge in [0.15, 0.2) is 6.61 Å². The predicted molar refractivity (Wildman–Crippen MR) is 93.4 cm³/mol. The van der Waals surface area contributed by atoms with Crippen molar-refractivity contribution < 1.29 is 32.2 Å². The zero-order chi connectivity index (χ0) is 20.1. The second-order valence-electron chi connectivity index (χ2n) is 6.38. The fraction of sp³-hybridized carbons (Fsp3) is 0.300. The molecule has 0 aromatic heterocycles. The summed E-state index contributed by atoms with van der Waals surface area (Å²) in [7, 11) is 0. The highest BCUT2D eigenvalue weighted by molar-refractivity contribution is 5.85. The van der Waals surface area contributed by atoms with E-state index in [4.69, 9.17) is 9.47 Å². The van der Waals surface area contributed by atoms with Crippen molar-refractivity contribution in [1.82, 2.24) is 5.32 Å². The number of carbonyl (C=O) groups is 2. The third-order valence-electron chi connectivity index (χ3n) is 4.03. The first-order valence-electron chi connectivity index (χ1n) is 8.68. The summed E-state index contributed by atoms with van der Waals surface area (Å²) in [5.74, 6) is -1.43. The van der Waals surface area contributed by atoms with Crippen LogP contribution >= 0.6 is 0 Å². The summed E-state index contributed by atoms with van der Waals surface area (Å²) >= 11 is 0. The van der Waals surface area contributed by atoms with Gasteiger partial charge in [-0.3, -0.25) is 4.79 Å². The molecule has 0 aliphatic heterocycles. The van der Waals surface area contributed by atoms with Crippen LogP contribution in [0.25, 0.3) is 0 Å². The van der Waals surface area contributed by atoms with E-state index in [-0.39, 0.29) is 11.8 Å². The number of amides is 1. The summed E-state index contributed by atoms with van der Waals surface area (Å²) in [4.78, 5) is 24.5. The Kier molecular flexibility index (Phi) is 5.87. The van der Waals surface area contributed by atoms with Crippen molar-refractivity contribution in [2.75, 3.05) is 6.61 Å². The van der Waals surface area contributed by atoms with Gasteiger partial charge in [0.1, 0.15) is 5.75 Å². The SMILES string of the molecule is O=C(COc1cccc(C(F)(F)F)c1)O[C@@H](C(=O)NC1CC1)c1ccccc1. The number of alkyl halides is 3. The maximum Gasteiger partial charge on any atom is 0.416 e. The first kappa shape index (κ1) is 19.7. The van der Waals surface area contributed by atoms with Crippen molar-refractivity contribution in [3.8, 4) is 5.75 Å². The number of halogens is 3. The fourth-order valence-corrected chi connectivity index (χ4v) is 2.48. The Balaban J connectivity index is 1.63. The second kappa shape index (κ2) is 8.33. The van der Waals surface area contributed by atoms with Crippen LogP contribution in [0.1, 0.15) is 30.1 Å². The molecule has 1 N–H and O–H groups in total. The van der Waals surface area contributed by atoms with E-state index < -0.39 is 36.3 Å². The average Bonchev–Trinajstić information content (AvgIpc) is 3.48. The van der Waals surface area contributed by atoms with Crippen LogP contribution in [0.2, 0.25) is 0 Å². The smallest absolute Gasteiger partial charge is 0.416 e. The number of carbonyl (C=O) groups excluding carboxylic acids is 2. The fourth-order valence-electron chi connectivity index (χ4n) is 2.48. The molecule has 0 radical (unpaired) electrons. The summed E-state index contributed by atoms with van der Waals surface area (Å²) in [5.41, 5.74) is -0.391. The van der Waals surface area contributed by atoms with Crippen LogP contribution in [-0.4, -0.2) is 24.5 Å². The van der Waals surface area contributed by atoms with E-state index in [1.54, 1.807) is 30.3 Å². The molecule has 1 amide bonds. The van der Waals surface area contributed by atoms with Crippen molar-refractivity contribution in [2.24, 2.45) is 0 Å². The number of esters is 1. The maximum absolute atomic E-state index is 12.7. The Morgan fingerprint density at radius 3 is 2.43 bits per heavy atom. The van der Waals surface area contributed by atoms with E-state index in [9.17, 15) is 22.8 Å². The summed E-state index contributed by atoms with van der Waals surface area (Å²) in [6.07, 6.45) is -3.92.